The van der Waals surface area contributed by atoms with Crippen LogP contribution >= 0.6 is 0 Å². The molecule has 0 aliphatic heterocycles. The Hall–Kier alpha value is -12.0. The van der Waals surface area contributed by atoms with Gasteiger partial charge in [0.25, 0.3) is 0 Å². The van der Waals surface area contributed by atoms with Crippen molar-refractivity contribution in [2.45, 2.75) is 221 Å². The van der Waals surface area contributed by atoms with Crippen molar-refractivity contribution >= 4 is 0 Å². The van der Waals surface area contributed by atoms with Crippen LogP contribution < -0.4 is 28.4 Å². The van der Waals surface area contributed by atoms with Gasteiger partial charge in [0.15, 0.2) is 5.75 Å². The van der Waals surface area contributed by atoms with E-state index in [1.54, 1.807) is 0 Å². The molecule has 0 aliphatic rings. The van der Waals surface area contributed by atoms with Crippen molar-refractivity contribution in [1.82, 2.24) is 0 Å². The number of ether oxygens (including phenoxy) is 6. The van der Waals surface area contributed by atoms with Crippen LogP contribution in [0.15, 0.2) is 243 Å². The van der Waals surface area contributed by atoms with E-state index < -0.39 is 0 Å². The standard InChI is InChI=1S/C117H128O7/c1-6-11-16-29-86-119-107-70-60-102(61-71-107)97-50-35-92(36-51-97)45-80-112-113(81-46-93-37-52-98(53-38-93)103-62-72-108(73-63-103)120-87-30-17-12-7-2)115(83-48-95-41-56-100(57-42-95)105-66-76-110(77-67-105)122-89-32-19-14-9-4)117(124-91-34-27-25-23-21-22-24-26-28-85-118)116(84-49-96-43-58-101(59-44-96)106-68-78-111(79-69-106)123-90-33-20-15-10-5)114(112)82-47-94-39-54-99(55-40-94)104-64-74-109(75-65-104)121-88-31-18-13-8-3/h35-44,50-79,118H,6-34,85-91H2,1-5H3. The summed E-state index contributed by atoms with van der Waals surface area (Å²) in [5.41, 5.74) is 17.6. The quantitative estimate of drug-likeness (QED) is 0.0301. The lowest BCUT2D eigenvalue weighted by Crippen LogP contribution is -2.08. The third-order valence-electron chi connectivity index (χ3n) is 22.4. The molecule has 0 heterocycles. The number of benzene rings is 11. The van der Waals surface area contributed by atoms with Gasteiger partial charge in [-0.1, -0.05) is 356 Å². The van der Waals surface area contributed by atoms with Crippen molar-refractivity contribution < 1.29 is 33.5 Å². The third-order valence-corrected chi connectivity index (χ3v) is 22.4. The van der Waals surface area contributed by atoms with E-state index in [0.29, 0.717) is 73.2 Å². The molecule has 1 N–H and O–H groups in total. The van der Waals surface area contributed by atoms with E-state index in [1.165, 1.54) is 96.3 Å². The van der Waals surface area contributed by atoms with Crippen molar-refractivity contribution in [2.75, 3.05) is 46.2 Å². The molecule has 0 aromatic heterocycles. The summed E-state index contributed by atoms with van der Waals surface area (Å²) < 4.78 is 38.3. The second-order valence-electron chi connectivity index (χ2n) is 32.3. The van der Waals surface area contributed by atoms with Gasteiger partial charge in [-0.25, -0.2) is 0 Å². The Morgan fingerprint density at radius 1 is 0.169 bits per heavy atom. The van der Waals surface area contributed by atoms with Crippen LogP contribution in [-0.2, 0) is 0 Å². The first-order valence-corrected chi connectivity index (χ1v) is 46.5. The van der Waals surface area contributed by atoms with Gasteiger partial charge < -0.3 is 33.5 Å². The molecule has 0 amide bonds. The van der Waals surface area contributed by atoms with Gasteiger partial charge in [-0.2, -0.15) is 0 Å². The van der Waals surface area contributed by atoms with Crippen molar-refractivity contribution in [3.8, 4) is 149 Å². The fourth-order valence-corrected chi connectivity index (χ4v) is 14.8. The Bertz CT molecular complexity index is 5030. The van der Waals surface area contributed by atoms with Gasteiger partial charge in [-0.05, 0) is 222 Å². The molecule has 0 radical (unpaired) electrons. The summed E-state index contributed by atoms with van der Waals surface area (Å²) in [5, 5.41) is 9.46. The Kier molecular flexibility index (Phi) is 40.2. The molecule has 0 fully saturated rings. The minimum absolute atomic E-state index is 0.248. The smallest absolute Gasteiger partial charge is 0.153 e. The predicted molar refractivity (Wildman–Crippen MR) is 518 cm³/mol. The lowest BCUT2D eigenvalue weighted by Gasteiger charge is -2.17. The lowest BCUT2D eigenvalue weighted by molar-refractivity contribution is 0.282. The van der Waals surface area contributed by atoms with Crippen LogP contribution in [0.3, 0.4) is 0 Å². The molecule has 0 spiro atoms. The van der Waals surface area contributed by atoms with Crippen molar-refractivity contribution in [3.05, 3.63) is 298 Å². The summed E-state index contributed by atoms with van der Waals surface area (Å²) in [6, 6.07) is 84.2. The summed E-state index contributed by atoms with van der Waals surface area (Å²) in [7, 11) is 0. The fraction of sp³-hybridized carbons (Fsp3) is 0.350. The highest BCUT2D eigenvalue weighted by Gasteiger charge is 2.23. The number of aliphatic hydroxyl groups excluding tert-OH is 1. The minimum atomic E-state index is 0.248. The summed E-state index contributed by atoms with van der Waals surface area (Å²) in [4.78, 5) is 0. The van der Waals surface area contributed by atoms with E-state index in [0.717, 1.165) is 202 Å². The number of unbranched alkanes of at least 4 members (excludes halogenated alkanes) is 23. The first kappa shape index (κ1) is 92.7. The lowest BCUT2D eigenvalue weighted by atomic mass is 9.89. The number of aliphatic hydroxyl groups is 1. The highest BCUT2D eigenvalue weighted by molar-refractivity contribution is 5.79. The third kappa shape index (κ3) is 31.1. The monoisotopic (exact) mass is 1640 g/mol. The molecule has 638 valence electrons. The zero-order valence-electron chi connectivity index (χ0n) is 74.4. The second-order valence-corrected chi connectivity index (χ2v) is 32.3. The maximum absolute atomic E-state index is 9.46. The topological polar surface area (TPSA) is 75.6 Å². The first-order valence-electron chi connectivity index (χ1n) is 46.5. The minimum Gasteiger partial charge on any atom is -0.494 e. The van der Waals surface area contributed by atoms with E-state index in [1.807, 2.05) is 0 Å². The van der Waals surface area contributed by atoms with Crippen molar-refractivity contribution in [2.24, 2.45) is 0 Å². The number of hydrogen-bond acceptors (Lipinski definition) is 7. The zero-order valence-corrected chi connectivity index (χ0v) is 74.4. The van der Waals surface area contributed by atoms with Crippen molar-refractivity contribution in [3.63, 3.8) is 0 Å². The summed E-state index contributed by atoms with van der Waals surface area (Å²) >= 11 is 0. The molecule has 0 bridgehead atoms. The summed E-state index contributed by atoms with van der Waals surface area (Å²) in [6.07, 6.45) is 32.4. The van der Waals surface area contributed by atoms with Gasteiger partial charge in [0.1, 0.15) is 28.7 Å². The Morgan fingerprint density at radius 3 is 0.532 bits per heavy atom. The molecule has 11 rings (SSSR count). The van der Waals surface area contributed by atoms with Gasteiger partial charge in [0.2, 0.25) is 0 Å². The molecule has 124 heavy (non-hydrogen) atoms. The predicted octanol–water partition coefficient (Wildman–Crippen LogP) is 29.7. The zero-order chi connectivity index (χ0) is 86.1. The molecule has 0 saturated carbocycles. The normalized spacial score (nSPS) is 10.7. The van der Waals surface area contributed by atoms with E-state index in [-0.39, 0.29) is 6.61 Å². The summed E-state index contributed by atoms with van der Waals surface area (Å²) in [6.45, 7) is 15.3. The molecule has 11 aromatic rings. The molecule has 7 nitrogen and oxygen atoms in total. The van der Waals surface area contributed by atoms with Gasteiger partial charge >= 0.3 is 0 Å². The SMILES string of the molecule is CCCCCCOc1ccc(-c2ccc(C#Cc3c(C#Cc4ccc(-c5ccc(OCCCCCC)cc5)cc4)c(C#Cc4ccc(-c5ccc(OCCCCCC)cc5)cc4)c(OCCCCCCCCCCCO)c(C#Cc4ccc(-c5ccc(OCCCCCC)cc5)cc4)c3C#Cc3ccc(-c4ccc(OCCCCCC)cc4)cc3)cc2)cc1. The van der Waals surface area contributed by atoms with Crippen LogP contribution in [-0.4, -0.2) is 51.4 Å². The molecule has 7 heteroatoms. The van der Waals surface area contributed by atoms with Gasteiger partial charge in [0.05, 0.1) is 67.5 Å². The molecule has 11 aromatic carbocycles. The van der Waals surface area contributed by atoms with Crippen LogP contribution in [0.5, 0.6) is 34.5 Å². The highest BCUT2D eigenvalue weighted by Crippen LogP contribution is 2.37. The largest absolute Gasteiger partial charge is 0.494 e. The Labute approximate surface area is 743 Å². The number of hydrogen-bond donors (Lipinski definition) is 1. The average molecular weight is 1650 g/mol. The molecule has 0 unspecified atom stereocenters. The van der Waals surface area contributed by atoms with Crippen LogP contribution in [0, 0.1) is 59.2 Å². The maximum atomic E-state index is 9.46. The van der Waals surface area contributed by atoms with Gasteiger partial charge in [0, 0.05) is 34.4 Å². The molecular formula is C117H128O7. The van der Waals surface area contributed by atoms with Crippen LogP contribution in [0.25, 0.3) is 55.6 Å². The van der Waals surface area contributed by atoms with Gasteiger partial charge in [-0.3, -0.25) is 0 Å². The van der Waals surface area contributed by atoms with Crippen LogP contribution in [0.4, 0.5) is 0 Å². The first-order chi connectivity index (χ1) is 61.3. The van der Waals surface area contributed by atoms with Crippen LogP contribution in [0.1, 0.15) is 276 Å². The summed E-state index contributed by atoms with van der Waals surface area (Å²) in [5.74, 6) is 42.1. The average Bonchev–Trinajstić information content (AvgIpc) is 0.760. The second kappa shape index (κ2) is 53.8. The maximum Gasteiger partial charge on any atom is 0.153 e. The van der Waals surface area contributed by atoms with Crippen LogP contribution in [0.2, 0.25) is 0 Å². The van der Waals surface area contributed by atoms with Crippen molar-refractivity contribution in [1.29, 1.82) is 0 Å². The van der Waals surface area contributed by atoms with E-state index in [4.69, 9.17) is 28.4 Å². The number of rotatable bonds is 47. The Balaban J connectivity index is 1.08. The van der Waals surface area contributed by atoms with Gasteiger partial charge in [-0.15, -0.1) is 0 Å². The highest BCUT2D eigenvalue weighted by atomic mass is 16.5. The van der Waals surface area contributed by atoms with E-state index in [2.05, 4.69) is 336 Å². The van der Waals surface area contributed by atoms with E-state index >= 15 is 0 Å². The molecular weight excluding hydrogens is 1520 g/mol. The fourth-order valence-electron chi connectivity index (χ4n) is 14.8. The molecule has 0 atom stereocenters. The Morgan fingerprint density at radius 2 is 0.331 bits per heavy atom. The molecule has 0 aliphatic carbocycles. The van der Waals surface area contributed by atoms with E-state index in [9.17, 15) is 5.11 Å². The molecule has 0 saturated heterocycles.